The molecule has 0 radical (unpaired) electrons. The molecule has 0 unspecified atom stereocenters. The molecule has 0 aliphatic heterocycles. The monoisotopic (exact) mass is 117 g/mol. The zero-order chi connectivity index (χ0) is 7.41. The second kappa shape index (κ2) is 76.9. The van der Waals surface area contributed by atoms with Crippen molar-refractivity contribution in [3.8, 4) is 0 Å². The van der Waals surface area contributed by atoms with Crippen molar-refractivity contribution >= 4 is 6.21 Å². The van der Waals surface area contributed by atoms with Crippen LogP contribution < -0.4 is 0 Å². The second-order valence-electron chi connectivity index (χ2n) is 0.516. The van der Waals surface area contributed by atoms with Gasteiger partial charge in [-0.15, -0.1) is 0 Å². The van der Waals surface area contributed by atoms with E-state index >= 15 is 0 Å². The lowest BCUT2D eigenvalue weighted by Gasteiger charge is -1.53. The van der Waals surface area contributed by atoms with Gasteiger partial charge in [-0.05, 0) is 13.1 Å². The van der Waals surface area contributed by atoms with Crippen LogP contribution in [-0.4, -0.2) is 13.3 Å². The topological polar surface area (TPSA) is 12.4 Å². The molecule has 0 bridgehead atoms. The predicted molar refractivity (Wildman–Crippen MR) is 42.8 cm³/mol. The average Bonchev–Trinajstić information content (AvgIpc) is 1.96. The number of hydrogen-bond donors (Lipinski definition) is 0. The van der Waals surface area contributed by atoms with Crippen LogP contribution in [0.4, 0.5) is 0 Å². The minimum absolute atomic E-state index is 1.75. The molecule has 1 nitrogen and oxygen atoms in total. The zero-order valence-electron chi connectivity index (χ0n) is 7.02. The highest BCUT2D eigenvalue weighted by atomic mass is 14.6. The Hall–Kier alpha value is -0.330. The van der Waals surface area contributed by atoms with Crippen molar-refractivity contribution < 1.29 is 0 Å². The first-order chi connectivity index (χ1) is 3.91. The molecule has 0 aliphatic carbocycles. The third kappa shape index (κ3) is 275. The Kier molecular flexibility index (Phi) is 150. The molecule has 0 aliphatic rings. The van der Waals surface area contributed by atoms with Crippen molar-refractivity contribution in [3.05, 3.63) is 0 Å². The predicted octanol–water partition coefficient (Wildman–Crippen LogP) is 2.76. The van der Waals surface area contributed by atoms with Gasteiger partial charge in [0.15, 0.2) is 0 Å². The van der Waals surface area contributed by atoms with Gasteiger partial charge in [0.1, 0.15) is 0 Å². The van der Waals surface area contributed by atoms with Gasteiger partial charge in [0.05, 0.1) is 0 Å². The van der Waals surface area contributed by atoms with Gasteiger partial charge in [-0.25, -0.2) is 0 Å². The summed E-state index contributed by atoms with van der Waals surface area (Å²) in [7, 11) is 1.75. The van der Waals surface area contributed by atoms with Gasteiger partial charge in [-0.1, -0.05) is 27.7 Å². The summed E-state index contributed by atoms with van der Waals surface area (Å²) in [6, 6.07) is 0. The highest BCUT2D eigenvalue weighted by molar-refractivity contribution is 5.52. The molecule has 0 aromatic heterocycles. The highest BCUT2D eigenvalue weighted by Gasteiger charge is 1.32. The maximum atomic E-state index is 3.61. The summed E-state index contributed by atoms with van der Waals surface area (Å²) in [5, 5.41) is 0. The molecule has 0 saturated carbocycles. The van der Waals surface area contributed by atoms with Gasteiger partial charge in [0.25, 0.3) is 0 Å². The molecular formula is C7H19N. The maximum absolute atomic E-state index is 3.61. The largest absolute Gasteiger partial charge is 0.301 e. The van der Waals surface area contributed by atoms with E-state index in [0.29, 0.717) is 0 Å². The average molecular weight is 117 g/mol. The van der Waals surface area contributed by atoms with E-state index in [1.165, 1.54) is 0 Å². The fraction of sp³-hybridized carbons (Fsp3) is 0.857. The first kappa shape index (κ1) is 15.6. The van der Waals surface area contributed by atoms with Crippen molar-refractivity contribution in [2.75, 3.05) is 7.05 Å². The Balaban J connectivity index is -0.0000000542. The SMILES string of the molecule is CC.CC.CC=NC. The molecule has 0 heterocycles. The van der Waals surface area contributed by atoms with E-state index in [0.717, 1.165) is 0 Å². The van der Waals surface area contributed by atoms with Gasteiger partial charge in [0, 0.05) is 7.05 Å². The normalized spacial score (nSPS) is 6.25. The molecule has 0 N–H and O–H groups in total. The molecule has 0 aromatic rings. The fourth-order valence-corrected chi connectivity index (χ4v) is 0. The maximum Gasteiger partial charge on any atom is 0.0273 e. The van der Waals surface area contributed by atoms with Gasteiger partial charge >= 0.3 is 0 Å². The third-order valence-corrected chi connectivity index (χ3v) is 0.258. The van der Waals surface area contributed by atoms with Gasteiger partial charge in [-0.2, -0.15) is 0 Å². The second-order valence-corrected chi connectivity index (χ2v) is 0.516. The molecule has 52 valence electrons. The Morgan fingerprint density at radius 2 is 1.12 bits per heavy atom. The summed E-state index contributed by atoms with van der Waals surface area (Å²) in [5.41, 5.74) is 0. The molecular weight excluding hydrogens is 98.1 g/mol. The molecule has 0 fully saturated rings. The van der Waals surface area contributed by atoms with Gasteiger partial charge < -0.3 is 4.99 Å². The number of rotatable bonds is 0. The Bertz CT molecular complexity index is 19.6. The molecule has 0 rings (SSSR count). The van der Waals surface area contributed by atoms with Crippen molar-refractivity contribution in [1.82, 2.24) is 0 Å². The molecule has 0 spiro atoms. The minimum atomic E-state index is 1.75. The smallest absolute Gasteiger partial charge is 0.0273 e. The summed E-state index contributed by atoms with van der Waals surface area (Å²) in [6.45, 7) is 9.89. The van der Waals surface area contributed by atoms with Crippen LogP contribution in [0.3, 0.4) is 0 Å². The lowest BCUT2D eigenvalue weighted by Crippen LogP contribution is -1.47. The molecule has 0 saturated heterocycles. The third-order valence-electron chi connectivity index (χ3n) is 0.258. The summed E-state index contributed by atoms with van der Waals surface area (Å²) < 4.78 is 0. The molecule has 0 atom stereocenters. The van der Waals surface area contributed by atoms with E-state index in [1.807, 2.05) is 34.6 Å². The summed E-state index contributed by atoms with van der Waals surface area (Å²) >= 11 is 0. The quantitative estimate of drug-likeness (QED) is 0.433. The van der Waals surface area contributed by atoms with Crippen LogP contribution in [0.2, 0.25) is 0 Å². The summed E-state index contributed by atoms with van der Waals surface area (Å²) in [5.74, 6) is 0. The van der Waals surface area contributed by atoms with E-state index < -0.39 is 0 Å². The standard InChI is InChI=1S/C3H7N.2C2H6/c1-3-4-2;2*1-2/h3H,1-2H3;2*1-2H3. The van der Waals surface area contributed by atoms with Crippen molar-refractivity contribution in [3.63, 3.8) is 0 Å². The minimum Gasteiger partial charge on any atom is -0.301 e. The highest BCUT2D eigenvalue weighted by Crippen LogP contribution is 1.39. The van der Waals surface area contributed by atoms with Crippen LogP contribution >= 0.6 is 0 Å². The molecule has 0 amide bonds. The zero-order valence-corrected chi connectivity index (χ0v) is 7.02. The Labute approximate surface area is 53.8 Å². The number of aliphatic imine (C=N–C) groups is 1. The van der Waals surface area contributed by atoms with Gasteiger partial charge in [0.2, 0.25) is 0 Å². The first-order valence-electron chi connectivity index (χ1n) is 3.28. The van der Waals surface area contributed by atoms with Crippen molar-refractivity contribution in [2.24, 2.45) is 4.99 Å². The molecule has 0 aromatic carbocycles. The Morgan fingerprint density at radius 1 is 1.00 bits per heavy atom. The van der Waals surface area contributed by atoms with Crippen LogP contribution in [0.1, 0.15) is 34.6 Å². The lowest BCUT2D eigenvalue weighted by atomic mass is 10.9. The van der Waals surface area contributed by atoms with E-state index in [1.54, 1.807) is 13.3 Å². The van der Waals surface area contributed by atoms with Crippen LogP contribution in [0.5, 0.6) is 0 Å². The summed E-state index contributed by atoms with van der Waals surface area (Å²) in [6.07, 6.45) is 1.75. The van der Waals surface area contributed by atoms with Crippen LogP contribution in [0, 0.1) is 0 Å². The van der Waals surface area contributed by atoms with E-state index in [4.69, 9.17) is 0 Å². The van der Waals surface area contributed by atoms with Crippen molar-refractivity contribution in [2.45, 2.75) is 34.6 Å². The Morgan fingerprint density at radius 3 is 1.12 bits per heavy atom. The van der Waals surface area contributed by atoms with E-state index in [2.05, 4.69) is 4.99 Å². The fourth-order valence-electron chi connectivity index (χ4n) is 0. The molecule has 8 heavy (non-hydrogen) atoms. The lowest BCUT2D eigenvalue weighted by molar-refractivity contribution is 1.46. The van der Waals surface area contributed by atoms with Crippen LogP contribution in [-0.2, 0) is 0 Å². The first-order valence-corrected chi connectivity index (χ1v) is 3.28. The molecule has 1 heteroatoms. The number of hydrogen-bond acceptors (Lipinski definition) is 1. The van der Waals surface area contributed by atoms with Crippen LogP contribution in [0.25, 0.3) is 0 Å². The van der Waals surface area contributed by atoms with Crippen LogP contribution in [0.15, 0.2) is 4.99 Å². The number of nitrogens with zero attached hydrogens (tertiary/aromatic N) is 1. The van der Waals surface area contributed by atoms with E-state index in [-0.39, 0.29) is 0 Å². The summed E-state index contributed by atoms with van der Waals surface area (Å²) in [4.78, 5) is 3.61. The van der Waals surface area contributed by atoms with Crippen molar-refractivity contribution in [1.29, 1.82) is 0 Å². The van der Waals surface area contributed by atoms with E-state index in [9.17, 15) is 0 Å². The van der Waals surface area contributed by atoms with Gasteiger partial charge in [-0.3, -0.25) is 0 Å².